The third-order valence-corrected chi connectivity index (χ3v) is 9.54. The number of hydrogen-bond donors (Lipinski definition) is 1. The number of aliphatic carboxylic acids is 1. The van der Waals surface area contributed by atoms with E-state index in [0.717, 1.165) is 37.7 Å². The number of Topliss-reactive ketones (excluding diaryl/α,β-unsaturated/α-hetero) is 1. The van der Waals surface area contributed by atoms with E-state index in [1.54, 1.807) is 37.3 Å². The maximum atomic E-state index is 14.0. The summed E-state index contributed by atoms with van der Waals surface area (Å²) in [6.45, 7) is -0.0281. The Bertz CT molecular complexity index is 1390. The van der Waals surface area contributed by atoms with Gasteiger partial charge in [0.15, 0.2) is 18.1 Å². The molecule has 2 aliphatic carbocycles. The van der Waals surface area contributed by atoms with E-state index in [-0.39, 0.29) is 35.9 Å². The van der Waals surface area contributed by atoms with Crippen LogP contribution in [-0.4, -0.2) is 67.0 Å². The number of piperidine rings is 1. The molecular formula is C35H43NO9. The summed E-state index contributed by atoms with van der Waals surface area (Å²) in [6, 6.07) is 11.8. The van der Waals surface area contributed by atoms with Gasteiger partial charge in [-0.3, -0.25) is 9.59 Å². The van der Waals surface area contributed by atoms with Gasteiger partial charge in [-0.15, -0.1) is 0 Å². The first-order valence-corrected chi connectivity index (χ1v) is 16.0. The number of benzene rings is 2. The number of amides is 1. The lowest BCUT2D eigenvalue weighted by Gasteiger charge is -2.40. The lowest BCUT2D eigenvalue weighted by atomic mass is 9.72. The Morgan fingerprint density at radius 3 is 2.56 bits per heavy atom. The molecule has 2 saturated carbocycles. The molecule has 45 heavy (non-hydrogen) atoms. The Morgan fingerprint density at radius 1 is 0.956 bits per heavy atom. The number of ketones is 1. The van der Waals surface area contributed by atoms with Crippen molar-refractivity contribution in [3.8, 4) is 17.2 Å². The zero-order valence-corrected chi connectivity index (χ0v) is 26.1. The van der Waals surface area contributed by atoms with E-state index in [4.69, 9.17) is 24.1 Å². The van der Waals surface area contributed by atoms with Gasteiger partial charge in [-0.25, -0.2) is 9.59 Å². The van der Waals surface area contributed by atoms with Crippen molar-refractivity contribution in [3.05, 3.63) is 53.6 Å². The number of aryl methyl sites for hydroxylation is 1. The molecule has 1 N–H and O–H groups in total. The molecule has 242 valence electrons. The molecule has 0 spiro atoms. The molecule has 1 heterocycles. The van der Waals surface area contributed by atoms with Gasteiger partial charge in [0.25, 0.3) is 0 Å². The number of rotatable bonds is 12. The predicted octanol–water partition coefficient (Wildman–Crippen LogP) is 5.16. The van der Waals surface area contributed by atoms with Crippen LogP contribution in [0, 0.1) is 17.8 Å². The molecule has 0 bridgehead atoms. The highest BCUT2D eigenvalue weighted by molar-refractivity contribution is 5.91. The summed E-state index contributed by atoms with van der Waals surface area (Å²) < 4.78 is 22.5. The number of nitrogens with zero attached hydrogens (tertiary/aromatic N) is 1. The van der Waals surface area contributed by atoms with Gasteiger partial charge in [0.05, 0.1) is 14.2 Å². The molecular weight excluding hydrogens is 578 g/mol. The summed E-state index contributed by atoms with van der Waals surface area (Å²) in [6.07, 6.45) is 6.19. The van der Waals surface area contributed by atoms with Crippen LogP contribution in [-0.2, 0) is 30.3 Å². The average molecular weight is 622 g/mol. The van der Waals surface area contributed by atoms with E-state index in [1.165, 1.54) is 0 Å². The summed E-state index contributed by atoms with van der Waals surface area (Å²) in [4.78, 5) is 53.3. The van der Waals surface area contributed by atoms with Gasteiger partial charge in [-0.05, 0) is 92.2 Å². The largest absolute Gasteiger partial charge is 0.493 e. The number of likely N-dealkylation sites (tertiary alicyclic amines) is 1. The second-order valence-electron chi connectivity index (χ2n) is 12.4. The van der Waals surface area contributed by atoms with Crippen molar-refractivity contribution in [2.45, 2.75) is 76.4 Å². The zero-order chi connectivity index (χ0) is 31.9. The maximum absolute atomic E-state index is 14.0. The molecule has 0 aromatic heterocycles. The van der Waals surface area contributed by atoms with Gasteiger partial charge in [-0.2, -0.15) is 0 Å². The molecule has 1 saturated heterocycles. The number of ether oxygens (including phenoxy) is 4. The fourth-order valence-corrected chi connectivity index (χ4v) is 7.34. The molecule has 3 fully saturated rings. The van der Waals surface area contributed by atoms with Crippen molar-refractivity contribution in [2.75, 3.05) is 27.4 Å². The first kappa shape index (κ1) is 32.3. The van der Waals surface area contributed by atoms with Gasteiger partial charge in [0.1, 0.15) is 23.7 Å². The highest BCUT2D eigenvalue weighted by Gasteiger charge is 2.46. The van der Waals surface area contributed by atoms with Crippen LogP contribution in [0.1, 0.15) is 75.0 Å². The zero-order valence-electron chi connectivity index (χ0n) is 26.1. The van der Waals surface area contributed by atoms with E-state index in [1.807, 2.05) is 24.3 Å². The Hall–Kier alpha value is -4.08. The van der Waals surface area contributed by atoms with Crippen LogP contribution in [0.4, 0.5) is 0 Å². The predicted molar refractivity (Wildman–Crippen MR) is 164 cm³/mol. The standard InChI is InChI=1S/C35H43NO9/c1-42-31-15-13-22(17-32(31)43-2)12-14-30(24-8-5-9-26(19-24)44-21-33(38)39)45-35(41)29-11-3-4-16-36(29)34(40)28-20-25(37)18-23-7-6-10-27(23)28/h5,8-9,13,15,17,19,23,27-30H,3-4,6-7,10-12,14,16,18,20-21H2,1-2H3,(H,38,39)/t23-,27+,28+,29-,30+/m0/s1. The summed E-state index contributed by atoms with van der Waals surface area (Å²) in [5.41, 5.74) is 1.61. The highest BCUT2D eigenvalue weighted by Crippen LogP contribution is 2.45. The maximum Gasteiger partial charge on any atom is 0.341 e. The van der Waals surface area contributed by atoms with E-state index >= 15 is 0 Å². The third-order valence-electron chi connectivity index (χ3n) is 9.54. The van der Waals surface area contributed by atoms with Gasteiger partial charge >= 0.3 is 11.9 Å². The minimum absolute atomic E-state index is 0.0902. The quantitative estimate of drug-likeness (QED) is 0.320. The number of esters is 1. The topological polar surface area (TPSA) is 129 Å². The smallest absolute Gasteiger partial charge is 0.341 e. The lowest BCUT2D eigenvalue weighted by Crippen LogP contribution is -2.53. The number of carbonyl (C=O) groups excluding carboxylic acids is 3. The van der Waals surface area contributed by atoms with Crippen molar-refractivity contribution in [1.29, 1.82) is 0 Å². The van der Waals surface area contributed by atoms with E-state index in [2.05, 4.69) is 0 Å². The number of carboxylic acid groups (broad SMARTS) is 1. The molecule has 5 atom stereocenters. The van der Waals surface area contributed by atoms with Crippen LogP contribution >= 0.6 is 0 Å². The van der Waals surface area contributed by atoms with Gasteiger partial charge in [0.2, 0.25) is 5.91 Å². The van der Waals surface area contributed by atoms with E-state index in [0.29, 0.717) is 55.0 Å². The van der Waals surface area contributed by atoms with Crippen LogP contribution in [0.25, 0.3) is 0 Å². The minimum Gasteiger partial charge on any atom is -0.493 e. The molecule has 2 aromatic rings. The van der Waals surface area contributed by atoms with Crippen LogP contribution in [0.3, 0.4) is 0 Å². The van der Waals surface area contributed by atoms with Crippen LogP contribution < -0.4 is 14.2 Å². The number of hydrogen-bond acceptors (Lipinski definition) is 8. The molecule has 3 aliphatic rings. The van der Waals surface area contributed by atoms with Crippen molar-refractivity contribution < 1.29 is 43.2 Å². The number of carbonyl (C=O) groups is 4. The molecule has 2 aromatic carbocycles. The summed E-state index contributed by atoms with van der Waals surface area (Å²) in [5.74, 6) is 0.155. The number of carboxylic acids is 1. The first-order chi connectivity index (χ1) is 21.8. The fraction of sp³-hybridized carbons (Fsp3) is 0.543. The summed E-state index contributed by atoms with van der Waals surface area (Å²) >= 11 is 0. The molecule has 0 unspecified atom stereocenters. The van der Waals surface area contributed by atoms with Crippen molar-refractivity contribution in [2.24, 2.45) is 17.8 Å². The van der Waals surface area contributed by atoms with Gasteiger partial charge in [-0.1, -0.05) is 24.6 Å². The molecule has 0 radical (unpaired) electrons. The Labute approximate surface area is 264 Å². The van der Waals surface area contributed by atoms with Crippen molar-refractivity contribution in [3.63, 3.8) is 0 Å². The minimum atomic E-state index is -1.09. The van der Waals surface area contributed by atoms with Crippen LogP contribution in [0.5, 0.6) is 17.2 Å². The van der Waals surface area contributed by atoms with E-state index in [9.17, 15) is 19.2 Å². The summed E-state index contributed by atoms with van der Waals surface area (Å²) in [5, 5.41) is 9.07. The molecule has 1 aliphatic heterocycles. The molecule has 10 heteroatoms. The van der Waals surface area contributed by atoms with Crippen molar-refractivity contribution in [1.82, 2.24) is 4.90 Å². The number of fused-ring (bicyclic) bond motifs is 1. The van der Waals surface area contributed by atoms with Gasteiger partial charge in [0, 0.05) is 25.3 Å². The second kappa shape index (κ2) is 14.8. The summed E-state index contributed by atoms with van der Waals surface area (Å²) in [7, 11) is 3.14. The SMILES string of the molecule is COc1ccc(CC[C@@H](OC(=O)[C@@H]2CCCCN2C(=O)[C@@H]2CC(=O)C[C@@H]3CCC[C@H]32)c2cccc(OCC(=O)O)c2)cc1OC. The first-order valence-electron chi connectivity index (χ1n) is 16.0. The third kappa shape index (κ3) is 7.78. The number of methoxy groups -OCH3 is 2. The highest BCUT2D eigenvalue weighted by atomic mass is 16.5. The average Bonchev–Trinajstić information content (AvgIpc) is 3.53. The van der Waals surface area contributed by atoms with Gasteiger partial charge < -0.3 is 29.0 Å². The van der Waals surface area contributed by atoms with E-state index < -0.39 is 30.7 Å². The normalized spacial score (nSPS) is 23.5. The van der Waals surface area contributed by atoms with Crippen LogP contribution in [0.15, 0.2) is 42.5 Å². The molecule has 5 rings (SSSR count). The van der Waals surface area contributed by atoms with Crippen LogP contribution in [0.2, 0.25) is 0 Å². The Morgan fingerprint density at radius 2 is 1.78 bits per heavy atom. The molecule has 1 amide bonds. The van der Waals surface area contributed by atoms with Crippen molar-refractivity contribution >= 4 is 23.6 Å². The molecule has 10 nitrogen and oxygen atoms in total. The Balaban J connectivity index is 1.36. The monoisotopic (exact) mass is 621 g/mol. The Kier molecular flexibility index (Phi) is 10.6. The fourth-order valence-electron chi connectivity index (χ4n) is 7.34. The lowest BCUT2D eigenvalue weighted by molar-refractivity contribution is -0.164. The second-order valence-corrected chi connectivity index (χ2v) is 12.4.